The molecule has 0 aromatic heterocycles. The molecule has 0 spiro atoms. The van der Waals surface area contributed by atoms with Crippen LogP contribution in [0, 0.1) is 6.92 Å². The molecule has 0 bridgehead atoms. The molecule has 0 radical (unpaired) electrons. The van der Waals surface area contributed by atoms with Gasteiger partial charge in [0, 0.05) is 17.6 Å². The van der Waals surface area contributed by atoms with Crippen molar-refractivity contribution in [3.05, 3.63) is 58.6 Å². The fourth-order valence-corrected chi connectivity index (χ4v) is 4.65. The summed E-state index contributed by atoms with van der Waals surface area (Å²) >= 11 is 6.12. The molecule has 0 aliphatic carbocycles. The van der Waals surface area contributed by atoms with Gasteiger partial charge >= 0.3 is 0 Å². The molecule has 2 aromatic carbocycles. The van der Waals surface area contributed by atoms with E-state index in [1.54, 1.807) is 6.07 Å². The lowest BCUT2D eigenvalue weighted by atomic mass is 10.1. The Bertz CT molecular complexity index is 1140. The third-order valence-corrected chi connectivity index (χ3v) is 6.74. The van der Waals surface area contributed by atoms with Crippen molar-refractivity contribution >= 4 is 39.1 Å². The summed E-state index contributed by atoms with van der Waals surface area (Å²) in [7, 11) is -2.49. The van der Waals surface area contributed by atoms with Crippen LogP contribution in [0.15, 0.2) is 42.5 Å². The van der Waals surface area contributed by atoms with Gasteiger partial charge < -0.3 is 15.0 Å². The summed E-state index contributed by atoms with van der Waals surface area (Å²) in [5.74, 6) is -0.569. The van der Waals surface area contributed by atoms with Crippen LogP contribution in [0.4, 0.5) is 5.69 Å². The molecule has 2 aromatic rings. The van der Waals surface area contributed by atoms with Crippen LogP contribution in [0.5, 0.6) is 5.75 Å². The van der Waals surface area contributed by atoms with Crippen LogP contribution in [-0.4, -0.2) is 57.1 Å². The predicted octanol–water partition coefficient (Wildman–Crippen LogP) is 3.76. The molecule has 8 nitrogen and oxygen atoms in total. The first-order chi connectivity index (χ1) is 16.4. The number of benzene rings is 2. The summed E-state index contributed by atoms with van der Waals surface area (Å²) in [5.41, 5.74) is 2.03. The molecule has 0 aliphatic rings. The normalized spacial score (nSPS) is 12.2. The minimum Gasteiger partial charge on any atom is -0.495 e. The molecule has 0 heterocycles. The Kier molecular flexibility index (Phi) is 9.97. The fraction of sp³-hybridized carbons (Fsp3) is 0.440. The lowest BCUT2D eigenvalue weighted by Crippen LogP contribution is -2.53. The average molecular weight is 524 g/mol. The molecule has 1 atom stereocenters. The van der Waals surface area contributed by atoms with Crippen molar-refractivity contribution in [2.75, 3.05) is 24.2 Å². The Morgan fingerprint density at radius 1 is 1.11 bits per heavy atom. The van der Waals surface area contributed by atoms with Crippen molar-refractivity contribution < 1.29 is 22.7 Å². The van der Waals surface area contributed by atoms with Crippen LogP contribution in [0.1, 0.15) is 38.3 Å². The highest BCUT2D eigenvalue weighted by molar-refractivity contribution is 7.92. The second-order valence-corrected chi connectivity index (χ2v) is 11.0. The number of carbonyl (C=O) groups is 2. The van der Waals surface area contributed by atoms with E-state index in [0.29, 0.717) is 11.4 Å². The summed E-state index contributed by atoms with van der Waals surface area (Å²) in [6.45, 7) is 7.08. The SMILES string of the molecule is CC[C@H](C(=O)NC(C)C)N(Cc1ccc(C)cc1)C(=O)CN(c1cc(Cl)ccc1OC)S(C)(=O)=O. The molecule has 192 valence electrons. The summed E-state index contributed by atoms with van der Waals surface area (Å²) in [4.78, 5) is 28.1. The third-order valence-electron chi connectivity index (χ3n) is 5.38. The summed E-state index contributed by atoms with van der Waals surface area (Å²) in [5, 5.41) is 3.16. The van der Waals surface area contributed by atoms with E-state index in [2.05, 4.69) is 5.32 Å². The molecule has 0 fully saturated rings. The first-order valence-electron chi connectivity index (χ1n) is 11.3. The first kappa shape index (κ1) is 28.5. The number of rotatable bonds is 11. The molecule has 0 saturated carbocycles. The molecule has 2 rings (SSSR count). The van der Waals surface area contributed by atoms with Gasteiger partial charge in [0.25, 0.3) is 0 Å². The zero-order valence-electron chi connectivity index (χ0n) is 21.0. The van der Waals surface area contributed by atoms with Crippen molar-refractivity contribution in [3.63, 3.8) is 0 Å². The molecule has 2 amide bonds. The van der Waals surface area contributed by atoms with Gasteiger partial charge in [-0.25, -0.2) is 8.42 Å². The van der Waals surface area contributed by atoms with Gasteiger partial charge in [-0.1, -0.05) is 48.4 Å². The van der Waals surface area contributed by atoms with Gasteiger partial charge in [0.1, 0.15) is 18.3 Å². The number of hydrogen-bond acceptors (Lipinski definition) is 5. The number of sulfonamides is 1. The Morgan fingerprint density at radius 2 is 1.74 bits per heavy atom. The maximum Gasteiger partial charge on any atom is 0.244 e. The van der Waals surface area contributed by atoms with E-state index in [0.717, 1.165) is 21.7 Å². The third kappa shape index (κ3) is 7.86. The Hall–Kier alpha value is -2.78. The summed E-state index contributed by atoms with van der Waals surface area (Å²) < 4.78 is 31.8. The van der Waals surface area contributed by atoms with Crippen LogP contribution < -0.4 is 14.4 Å². The Balaban J connectivity index is 2.50. The second-order valence-electron chi connectivity index (χ2n) is 8.68. The number of methoxy groups -OCH3 is 1. The zero-order chi connectivity index (χ0) is 26.3. The molecule has 10 heteroatoms. The highest BCUT2D eigenvalue weighted by Gasteiger charge is 2.32. The summed E-state index contributed by atoms with van der Waals surface area (Å²) in [6.07, 6.45) is 1.36. The van der Waals surface area contributed by atoms with Crippen LogP contribution in [0.3, 0.4) is 0 Å². The van der Waals surface area contributed by atoms with Crippen LogP contribution in [-0.2, 0) is 26.2 Å². The van der Waals surface area contributed by atoms with E-state index in [9.17, 15) is 18.0 Å². The number of hydrogen-bond donors (Lipinski definition) is 1. The van der Waals surface area contributed by atoms with E-state index in [4.69, 9.17) is 16.3 Å². The van der Waals surface area contributed by atoms with Crippen LogP contribution >= 0.6 is 11.6 Å². The number of amides is 2. The van der Waals surface area contributed by atoms with Gasteiger partial charge in [0.15, 0.2) is 0 Å². The van der Waals surface area contributed by atoms with E-state index in [-0.39, 0.29) is 29.9 Å². The minimum absolute atomic E-state index is 0.115. The maximum absolute atomic E-state index is 13.7. The van der Waals surface area contributed by atoms with Crippen molar-refractivity contribution in [2.24, 2.45) is 0 Å². The number of nitrogens with zero attached hydrogens (tertiary/aromatic N) is 2. The molecular weight excluding hydrogens is 490 g/mol. The fourth-order valence-electron chi connectivity index (χ4n) is 3.64. The zero-order valence-corrected chi connectivity index (χ0v) is 22.6. The van der Waals surface area contributed by atoms with Crippen molar-refractivity contribution in [2.45, 2.75) is 52.7 Å². The lowest BCUT2D eigenvalue weighted by molar-refractivity contribution is -0.140. The molecule has 1 N–H and O–H groups in total. The van der Waals surface area contributed by atoms with Crippen LogP contribution in [0.25, 0.3) is 0 Å². The molecule has 0 aliphatic heterocycles. The molecular formula is C25H34ClN3O5S. The monoisotopic (exact) mass is 523 g/mol. The van der Waals surface area contributed by atoms with E-state index in [1.165, 1.54) is 24.1 Å². The average Bonchev–Trinajstić information content (AvgIpc) is 2.77. The number of ether oxygens (including phenoxy) is 1. The standard InChI is InChI=1S/C25H34ClN3O5S/c1-7-21(25(31)27-17(2)3)28(15-19-10-8-18(4)9-11-19)24(30)16-29(35(6,32)33)22-14-20(26)12-13-23(22)34-5/h8-14,17,21H,7,15-16H2,1-6H3,(H,27,31)/t21-/m1/s1. The van der Waals surface area contributed by atoms with Gasteiger partial charge in [-0.15, -0.1) is 0 Å². The minimum atomic E-state index is -3.90. The number of aryl methyl sites for hydroxylation is 1. The van der Waals surface area contributed by atoms with Gasteiger partial charge in [0.2, 0.25) is 21.8 Å². The molecule has 0 unspecified atom stereocenters. The summed E-state index contributed by atoms with van der Waals surface area (Å²) in [6, 6.07) is 11.3. The van der Waals surface area contributed by atoms with Crippen LogP contribution in [0.2, 0.25) is 5.02 Å². The molecule has 0 saturated heterocycles. The van der Waals surface area contributed by atoms with E-state index < -0.39 is 28.5 Å². The number of carbonyl (C=O) groups excluding carboxylic acids is 2. The quantitative estimate of drug-likeness (QED) is 0.484. The highest BCUT2D eigenvalue weighted by atomic mass is 35.5. The second kappa shape index (κ2) is 12.3. The number of anilines is 1. The van der Waals surface area contributed by atoms with Crippen molar-refractivity contribution in [1.82, 2.24) is 10.2 Å². The predicted molar refractivity (Wildman–Crippen MR) is 139 cm³/mol. The first-order valence-corrected chi connectivity index (χ1v) is 13.6. The van der Waals surface area contributed by atoms with Gasteiger partial charge in [0.05, 0.1) is 19.1 Å². The van der Waals surface area contributed by atoms with Crippen molar-refractivity contribution in [1.29, 1.82) is 0 Å². The molecule has 35 heavy (non-hydrogen) atoms. The topological polar surface area (TPSA) is 96.0 Å². The largest absolute Gasteiger partial charge is 0.495 e. The van der Waals surface area contributed by atoms with Gasteiger partial charge in [-0.3, -0.25) is 13.9 Å². The highest BCUT2D eigenvalue weighted by Crippen LogP contribution is 2.33. The smallest absolute Gasteiger partial charge is 0.244 e. The van der Waals surface area contributed by atoms with E-state index in [1.807, 2.05) is 52.0 Å². The van der Waals surface area contributed by atoms with E-state index >= 15 is 0 Å². The maximum atomic E-state index is 13.7. The van der Waals surface area contributed by atoms with Gasteiger partial charge in [-0.05, 0) is 51.0 Å². The van der Waals surface area contributed by atoms with Gasteiger partial charge in [-0.2, -0.15) is 0 Å². The number of nitrogens with one attached hydrogen (secondary N) is 1. The van der Waals surface area contributed by atoms with Crippen molar-refractivity contribution in [3.8, 4) is 5.75 Å². The lowest BCUT2D eigenvalue weighted by Gasteiger charge is -2.33. The Labute approximate surface area is 213 Å². The number of halogens is 1. The Morgan fingerprint density at radius 3 is 2.26 bits per heavy atom.